The summed E-state index contributed by atoms with van der Waals surface area (Å²) in [5.41, 5.74) is 0. The van der Waals surface area contributed by atoms with Crippen molar-refractivity contribution in [3.8, 4) is 0 Å². The van der Waals surface area contributed by atoms with Gasteiger partial charge in [0.25, 0.3) is 0 Å². The second-order valence-corrected chi connectivity index (χ2v) is 4.99. The number of imidazole rings is 1. The highest BCUT2D eigenvalue weighted by Gasteiger charge is 2.25. The van der Waals surface area contributed by atoms with E-state index in [0.29, 0.717) is 0 Å². The van der Waals surface area contributed by atoms with E-state index in [1.54, 1.807) is 0 Å². The van der Waals surface area contributed by atoms with E-state index in [4.69, 9.17) is 0 Å². The van der Waals surface area contributed by atoms with Gasteiger partial charge in [-0.05, 0) is 25.8 Å². The van der Waals surface area contributed by atoms with Crippen LogP contribution in [0.4, 0.5) is 0 Å². The topological polar surface area (TPSA) is 40.7 Å². The standard InChI is InChI=1S/C10H17N3S/c1-2-11-8-3-4-9(7-8)14-10-12-5-6-13-10/h5-6,8-9,11H,2-4,7H2,1H3,(H,12,13). The number of aromatic nitrogens is 2. The van der Waals surface area contributed by atoms with Gasteiger partial charge >= 0.3 is 0 Å². The van der Waals surface area contributed by atoms with E-state index in [0.717, 1.165) is 23.0 Å². The number of aromatic amines is 1. The molecule has 0 spiro atoms. The van der Waals surface area contributed by atoms with E-state index in [2.05, 4.69) is 22.2 Å². The third kappa shape index (κ3) is 2.51. The lowest BCUT2D eigenvalue weighted by atomic mass is 10.2. The summed E-state index contributed by atoms with van der Waals surface area (Å²) >= 11 is 1.88. The molecule has 1 aliphatic rings. The molecule has 2 N–H and O–H groups in total. The monoisotopic (exact) mass is 211 g/mol. The summed E-state index contributed by atoms with van der Waals surface area (Å²) in [5.74, 6) is 0. The van der Waals surface area contributed by atoms with Crippen LogP contribution in [0.5, 0.6) is 0 Å². The molecule has 1 heterocycles. The molecule has 0 radical (unpaired) electrons. The van der Waals surface area contributed by atoms with Gasteiger partial charge in [-0.15, -0.1) is 0 Å². The number of H-pyrrole nitrogens is 1. The summed E-state index contributed by atoms with van der Waals surface area (Å²) in [6.45, 7) is 3.26. The molecule has 2 unspecified atom stereocenters. The average Bonchev–Trinajstić information content (AvgIpc) is 2.79. The molecule has 0 aliphatic heterocycles. The molecule has 4 heteroatoms. The van der Waals surface area contributed by atoms with E-state index in [9.17, 15) is 0 Å². The minimum Gasteiger partial charge on any atom is -0.340 e. The van der Waals surface area contributed by atoms with Crippen LogP contribution < -0.4 is 5.32 Å². The lowest BCUT2D eigenvalue weighted by Gasteiger charge is -2.10. The van der Waals surface area contributed by atoms with E-state index in [1.165, 1.54) is 19.3 Å². The van der Waals surface area contributed by atoms with Crippen molar-refractivity contribution in [2.75, 3.05) is 6.54 Å². The molecule has 1 aliphatic carbocycles. The molecule has 1 fully saturated rings. The molecule has 1 aromatic heterocycles. The molecule has 78 valence electrons. The number of nitrogens with zero attached hydrogens (tertiary/aromatic N) is 1. The van der Waals surface area contributed by atoms with Crippen LogP contribution in [-0.4, -0.2) is 27.8 Å². The Morgan fingerprint density at radius 1 is 1.64 bits per heavy atom. The van der Waals surface area contributed by atoms with Crippen LogP contribution in [0, 0.1) is 0 Å². The highest BCUT2D eigenvalue weighted by atomic mass is 32.2. The van der Waals surface area contributed by atoms with Crippen molar-refractivity contribution in [1.29, 1.82) is 0 Å². The Hall–Kier alpha value is -0.480. The zero-order chi connectivity index (χ0) is 9.80. The van der Waals surface area contributed by atoms with Gasteiger partial charge in [-0.2, -0.15) is 0 Å². The van der Waals surface area contributed by atoms with Crippen LogP contribution in [0.15, 0.2) is 17.6 Å². The Kier molecular flexibility index (Phi) is 3.48. The van der Waals surface area contributed by atoms with Gasteiger partial charge < -0.3 is 10.3 Å². The molecule has 0 amide bonds. The molecule has 1 aromatic rings. The maximum absolute atomic E-state index is 4.24. The second kappa shape index (κ2) is 4.84. The van der Waals surface area contributed by atoms with Crippen LogP contribution in [0.25, 0.3) is 0 Å². The number of hydrogen-bond donors (Lipinski definition) is 2. The number of rotatable bonds is 4. The first-order valence-electron chi connectivity index (χ1n) is 5.28. The summed E-state index contributed by atoms with van der Waals surface area (Å²) in [5, 5.41) is 5.31. The van der Waals surface area contributed by atoms with Gasteiger partial charge in [-0.25, -0.2) is 4.98 Å². The zero-order valence-corrected chi connectivity index (χ0v) is 9.31. The minimum absolute atomic E-state index is 0.729. The Morgan fingerprint density at radius 2 is 2.57 bits per heavy atom. The summed E-state index contributed by atoms with van der Waals surface area (Å²) in [4.78, 5) is 7.38. The van der Waals surface area contributed by atoms with Crippen LogP contribution in [0.3, 0.4) is 0 Å². The van der Waals surface area contributed by atoms with Crippen molar-refractivity contribution in [3.63, 3.8) is 0 Å². The first kappa shape index (κ1) is 10.1. The number of thioether (sulfide) groups is 1. The van der Waals surface area contributed by atoms with E-state index in [1.807, 2.05) is 24.2 Å². The highest BCUT2D eigenvalue weighted by molar-refractivity contribution is 7.99. The van der Waals surface area contributed by atoms with Gasteiger partial charge in [-0.3, -0.25) is 0 Å². The van der Waals surface area contributed by atoms with Crippen molar-refractivity contribution in [1.82, 2.24) is 15.3 Å². The Morgan fingerprint density at radius 3 is 3.29 bits per heavy atom. The predicted molar refractivity (Wildman–Crippen MR) is 59.5 cm³/mol. The third-order valence-corrected chi connectivity index (χ3v) is 3.84. The molecule has 0 saturated heterocycles. The Labute approximate surface area is 89.1 Å². The summed E-state index contributed by atoms with van der Waals surface area (Å²) in [7, 11) is 0. The Balaban J connectivity index is 1.79. The maximum atomic E-state index is 4.24. The van der Waals surface area contributed by atoms with E-state index < -0.39 is 0 Å². The smallest absolute Gasteiger partial charge is 0.165 e. The second-order valence-electron chi connectivity index (χ2n) is 3.70. The van der Waals surface area contributed by atoms with Gasteiger partial charge in [0.05, 0.1) is 0 Å². The van der Waals surface area contributed by atoms with Gasteiger partial charge in [0.2, 0.25) is 0 Å². The molecule has 0 bridgehead atoms. The lowest BCUT2D eigenvalue weighted by molar-refractivity contribution is 0.543. The van der Waals surface area contributed by atoms with Crippen LogP contribution in [0.2, 0.25) is 0 Å². The Bertz CT molecular complexity index is 260. The van der Waals surface area contributed by atoms with E-state index >= 15 is 0 Å². The molecular formula is C10H17N3S. The van der Waals surface area contributed by atoms with Crippen LogP contribution in [-0.2, 0) is 0 Å². The summed E-state index contributed by atoms with van der Waals surface area (Å²) in [6, 6.07) is 0.729. The fourth-order valence-corrected chi connectivity index (χ4v) is 3.15. The van der Waals surface area contributed by atoms with Crippen molar-refractivity contribution in [2.45, 2.75) is 42.6 Å². The van der Waals surface area contributed by atoms with E-state index in [-0.39, 0.29) is 0 Å². The van der Waals surface area contributed by atoms with Gasteiger partial charge in [0, 0.05) is 23.7 Å². The fourth-order valence-electron chi connectivity index (χ4n) is 1.99. The normalized spacial score (nSPS) is 26.9. The summed E-state index contributed by atoms with van der Waals surface area (Å²) in [6.07, 6.45) is 7.60. The quantitative estimate of drug-likeness (QED) is 0.800. The molecule has 0 aromatic carbocycles. The molecule has 3 nitrogen and oxygen atoms in total. The van der Waals surface area contributed by atoms with Crippen molar-refractivity contribution in [2.24, 2.45) is 0 Å². The maximum Gasteiger partial charge on any atom is 0.165 e. The van der Waals surface area contributed by atoms with Crippen molar-refractivity contribution < 1.29 is 0 Å². The predicted octanol–water partition coefficient (Wildman–Crippen LogP) is 2.03. The van der Waals surface area contributed by atoms with Gasteiger partial charge in [-0.1, -0.05) is 18.7 Å². The average molecular weight is 211 g/mol. The summed E-state index contributed by atoms with van der Waals surface area (Å²) < 4.78 is 0. The highest BCUT2D eigenvalue weighted by Crippen LogP contribution is 2.32. The SMILES string of the molecule is CCNC1CCC(Sc2ncc[nH]2)C1. The van der Waals surface area contributed by atoms with Crippen molar-refractivity contribution >= 4 is 11.8 Å². The first-order valence-corrected chi connectivity index (χ1v) is 6.16. The number of hydrogen-bond acceptors (Lipinski definition) is 3. The van der Waals surface area contributed by atoms with Gasteiger partial charge in [0.1, 0.15) is 0 Å². The molecule has 14 heavy (non-hydrogen) atoms. The molecular weight excluding hydrogens is 194 g/mol. The number of nitrogens with one attached hydrogen (secondary N) is 2. The molecule has 1 saturated carbocycles. The molecule has 2 atom stereocenters. The minimum atomic E-state index is 0.729. The third-order valence-electron chi connectivity index (χ3n) is 2.63. The largest absolute Gasteiger partial charge is 0.340 e. The van der Waals surface area contributed by atoms with Crippen LogP contribution >= 0.6 is 11.8 Å². The first-order chi connectivity index (χ1) is 6.88. The van der Waals surface area contributed by atoms with Crippen LogP contribution in [0.1, 0.15) is 26.2 Å². The zero-order valence-electron chi connectivity index (χ0n) is 8.49. The molecule has 2 rings (SSSR count). The fraction of sp³-hybridized carbons (Fsp3) is 0.700. The van der Waals surface area contributed by atoms with Crippen molar-refractivity contribution in [3.05, 3.63) is 12.4 Å². The van der Waals surface area contributed by atoms with Gasteiger partial charge in [0.15, 0.2) is 5.16 Å². The lowest BCUT2D eigenvalue weighted by Crippen LogP contribution is -2.26.